The molecule has 0 aliphatic carbocycles. The number of Topliss-reactive ketones (excluding diaryl/α,β-unsaturated/α-hetero) is 1. The second-order valence-corrected chi connectivity index (χ2v) is 16.7. The van der Waals surface area contributed by atoms with Gasteiger partial charge in [-0.2, -0.15) is 0 Å². The van der Waals surface area contributed by atoms with Crippen LogP contribution in [0.2, 0.25) is 0 Å². The van der Waals surface area contributed by atoms with Gasteiger partial charge in [0.1, 0.15) is 17.2 Å². The molecule has 0 spiro atoms. The van der Waals surface area contributed by atoms with E-state index >= 15 is 0 Å². The van der Waals surface area contributed by atoms with E-state index in [1.54, 1.807) is 0 Å². The van der Waals surface area contributed by atoms with Crippen molar-refractivity contribution in [1.29, 1.82) is 5.41 Å². The Kier molecular flexibility index (Phi) is 15.0. The second kappa shape index (κ2) is 19.6. The highest BCUT2D eigenvalue weighted by molar-refractivity contribution is 7.20. The van der Waals surface area contributed by atoms with E-state index in [0.717, 1.165) is 15.8 Å². The highest BCUT2D eigenvalue weighted by Gasteiger charge is 2.40. The van der Waals surface area contributed by atoms with Crippen molar-refractivity contribution in [2.24, 2.45) is 11.7 Å². The number of para-hydroxylation sites is 1. The van der Waals surface area contributed by atoms with Crippen molar-refractivity contribution in [2.45, 2.75) is 76.2 Å². The summed E-state index contributed by atoms with van der Waals surface area (Å²) in [5.74, 6) is -2.60. The lowest BCUT2D eigenvalue weighted by Crippen LogP contribution is -2.66. The van der Waals surface area contributed by atoms with Gasteiger partial charge in [0.05, 0.1) is 16.3 Å². The topological polar surface area (TPSA) is 208 Å². The van der Waals surface area contributed by atoms with Crippen molar-refractivity contribution in [3.05, 3.63) is 101 Å². The van der Waals surface area contributed by atoms with E-state index in [0.29, 0.717) is 18.5 Å². The zero-order chi connectivity index (χ0) is 39.3. The number of fused-ring (bicyclic) bond motifs is 1. The number of nitrogens with zero attached hydrogens (tertiary/aromatic N) is 1. The molecule has 0 radical (unpaired) electrons. The summed E-state index contributed by atoms with van der Waals surface area (Å²) >= 11 is 1.24. The number of ketones is 1. The third-order valence-corrected chi connectivity index (χ3v) is 10.8. The fourth-order valence-corrected chi connectivity index (χ4v) is 7.83. The number of amides is 4. The van der Waals surface area contributed by atoms with E-state index in [1.165, 1.54) is 18.3 Å². The first-order valence-corrected chi connectivity index (χ1v) is 19.8. The fraction of sp³-hybridized carbons (Fsp3) is 0.359. The highest BCUT2D eigenvalue weighted by Crippen LogP contribution is 2.24. The van der Waals surface area contributed by atoms with Gasteiger partial charge < -0.3 is 32.3 Å². The van der Waals surface area contributed by atoms with E-state index in [4.69, 9.17) is 11.1 Å². The van der Waals surface area contributed by atoms with E-state index in [9.17, 15) is 24.0 Å². The number of aromatic nitrogens is 1. The van der Waals surface area contributed by atoms with Crippen LogP contribution in [0.1, 0.15) is 61.0 Å². The normalized spacial score (nSPS) is 13.9. The quantitative estimate of drug-likeness (QED) is 0.0246. The molecule has 4 aromatic rings. The Balaban J connectivity index is 1.61. The van der Waals surface area contributed by atoms with E-state index in [1.807, 2.05) is 98.8 Å². The van der Waals surface area contributed by atoms with Crippen LogP contribution < -0.4 is 32.3 Å². The zero-order valence-electron chi connectivity index (χ0n) is 31.1. The van der Waals surface area contributed by atoms with Gasteiger partial charge in [0.25, 0.3) is 0 Å². The number of carbonyl (C=O) groups is 5. The minimum Gasteiger partial charge on any atom is -0.370 e. The molecule has 1 heterocycles. The molecule has 0 aliphatic heterocycles. The number of rotatable bonds is 19. The van der Waals surface area contributed by atoms with Crippen LogP contribution >= 0.6 is 11.3 Å². The van der Waals surface area contributed by atoms with Gasteiger partial charge in [-0.3, -0.25) is 29.4 Å². The van der Waals surface area contributed by atoms with Gasteiger partial charge in [-0.05, 0) is 48.4 Å². The molecule has 54 heavy (non-hydrogen) atoms. The van der Waals surface area contributed by atoms with Crippen LogP contribution in [-0.2, 0) is 32.0 Å². The summed E-state index contributed by atoms with van der Waals surface area (Å²) in [6, 6.07) is 22.9. The Morgan fingerprint density at radius 1 is 0.833 bits per heavy atom. The maximum atomic E-state index is 14.5. The lowest BCUT2D eigenvalue weighted by atomic mass is 9.99. The van der Waals surface area contributed by atoms with E-state index in [-0.39, 0.29) is 64.5 Å². The van der Waals surface area contributed by atoms with Gasteiger partial charge in [0.2, 0.25) is 29.4 Å². The summed E-state index contributed by atoms with van der Waals surface area (Å²) in [5, 5.41) is 20.5. The maximum Gasteiger partial charge on any atom is 0.243 e. The first kappa shape index (κ1) is 41.3. The van der Waals surface area contributed by atoms with Crippen LogP contribution in [0.5, 0.6) is 0 Å². The molecule has 0 aliphatic rings. The molecule has 1 aromatic heterocycles. The number of nitrogens with one attached hydrogen (secondary N) is 6. The van der Waals surface area contributed by atoms with E-state index in [2.05, 4.69) is 31.6 Å². The monoisotopic (exact) mass is 770 g/mol. The molecule has 15 heteroatoms. The van der Waals surface area contributed by atoms with E-state index < -0.39 is 41.0 Å². The summed E-state index contributed by atoms with van der Waals surface area (Å²) in [7, 11) is 0.130. The van der Waals surface area contributed by atoms with Crippen molar-refractivity contribution >= 4 is 67.2 Å². The number of hydrogen-bond donors (Lipinski definition) is 7. The number of carbonyl (C=O) groups excluding carboxylic acids is 5. The molecule has 0 fully saturated rings. The predicted molar refractivity (Wildman–Crippen MR) is 215 cm³/mol. The average molecular weight is 771 g/mol. The average Bonchev–Trinajstić information content (AvgIpc) is 3.57. The lowest BCUT2D eigenvalue weighted by Gasteiger charge is -2.34. The largest absolute Gasteiger partial charge is 0.370 e. The Hall–Kier alpha value is -5.41. The predicted octanol–water partition coefficient (Wildman–Crippen LogP) is 1.93. The fourth-order valence-electron chi connectivity index (χ4n) is 6.07. The number of nitrogens with two attached hydrogens (primary N) is 1. The molecule has 286 valence electrons. The van der Waals surface area contributed by atoms with Gasteiger partial charge in [0, 0.05) is 36.6 Å². The van der Waals surface area contributed by atoms with Crippen LogP contribution in [-0.4, -0.2) is 80.4 Å². The Morgan fingerprint density at radius 3 is 2.07 bits per heavy atom. The summed E-state index contributed by atoms with van der Waals surface area (Å²) in [6.07, 6.45) is 1.24. The number of guanidine groups is 1. The molecular formula is C39H50N8O5SSi. The van der Waals surface area contributed by atoms with Crippen molar-refractivity contribution in [2.75, 3.05) is 6.54 Å². The van der Waals surface area contributed by atoms with Crippen LogP contribution in [0.15, 0.2) is 84.9 Å². The molecule has 4 rings (SSSR count). The maximum absolute atomic E-state index is 14.5. The number of thiazole rings is 1. The summed E-state index contributed by atoms with van der Waals surface area (Å²) < 4.78 is 0.834. The summed E-state index contributed by atoms with van der Waals surface area (Å²) in [4.78, 5) is 73.1. The van der Waals surface area contributed by atoms with Crippen LogP contribution in [0, 0.1) is 11.3 Å². The van der Waals surface area contributed by atoms with Gasteiger partial charge in [-0.1, -0.05) is 86.6 Å². The van der Waals surface area contributed by atoms with Crippen LogP contribution in [0.25, 0.3) is 10.2 Å². The molecule has 8 N–H and O–H groups in total. The summed E-state index contributed by atoms with van der Waals surface area (Å²) in [6.45, 7) is 5.48. The Labute approximate surface area is 322 Å². The molecule has 4 amide bonds. The second-order valence-electron chi connectivity index (χ2n) is 14.0. The number of benzene rings is 3. The van der Waals surface area contributed by atoms with Crippen molar-refractivity contribution in [3.8, 4) is 0 Å². The van der Waals surface area contributed by atoms with Crippen molar-refractivity contribution in [1.82, 2.24) is 31.6 Å². The minimum absolute atomic E-state index is 0.0136. The molecule has 4 atom stereocenters. The highest BCUT2D eigenvalue weighted by atomic mass is 32.1. The first-order valence-electron chi connectivity index (χ1n) is 18.0. The molecule has 13 nitrogen and oxygen atoms in total. The number of hydrogen-bond acceptors (Lipinski definition) is 8. The van der Waals surface area contributed by atoms with Gasteiger partial charge >= 0.3 is 0 Å². The molecular weight excluding hydrogens is 721 g/mol. The van der Waals surface area contributed by atoms with Crippen molar-refractivity contribution < 1.29 is 24.0 Å². The molecule has 0 bridgehead atoms. The van der Waals surface area contributed by atoms with Crippen LogP contribution in [0.3, 0.4) is 0 Å². The van der Waals surface area contributed by atoms with Gasteiger partial charge in [-0.15, -0.1) is 11.3 Å². The Bertz CT molecular complexity index is 1890. The third-order valence-electron chi connectivity index (χ3n) is 8.73. The standard InChI is InChI=1S/C39H50N8O5SSi/c1-24(2)21-30(44-34(50)31(43-25(3)48)22-26-13-6-4-7-14-26)35(51)47-39(54,23-27-15-8-5-9-16-27)37(52)46-29(18-12-20-42-38(40)41)33(49)36-45-28-17-10-11-19-32(28)53-36/h4-11,13-17,19,24,29-31H,12,18,20-23H2,1-3,54H3,(H,43,48)(H,44,50)(H,46,52)(H,47,51)(H4,40,41,42)/t29-,30-,31-,39-/m0/s1. The van der Waals surface area contributed by atoms with Gasteiger partial charge in [0.15, 0.2) is 11.0 Å². The van der Waals surface area contributed by atoms with Gasteiger partial charge in [-0.25, -0.2) is 4.98 Å². The minimum atomic E-state index is -1.44. The Morgan fingerprint density at radius 2 is 1.46 bits per heavy atom. The van der Waals surface area contributed by atoms with Crippen molar-refractivity contribution in [3.63, 3.8) is 0 Å². The SMILES string of the molecule is CC(=O)N[C@@H](Cc1ccccc1)C(=O)N[C@@H](CC(C)C)C(=O)N[C@]([SiH3])(Cc1ccccc1)C(=O)N[C@@H](CCCNC(=N)N)C(=O)c1nc2ccccc2s1. The molecule has 3 aromatic carbocycles. The first-order chi connectivity index (χ1) is 25.7. The smallest absolute Gasteiger partial charge is 0.243 e. The zero-order valence-corrected chi connectivity index (χ0v) is 33.9. The van der Waals surface area contributed by atoms with Crippen LogP contribution in [0.4, 0.5) is 0 Å². The molecule has 0 unspecified atom stereocenters. The lowest BCUT2D eigenvalue weighted by molar-refractivity contribution is -0.134. The third kappa shape index (κ3) is 12.3. The summed E-state index contributed by atoms with van der Waals surface area (Å²) in [5.41, 5.74) is 7.76. The molecule has 0 saturated heterocycles. The molecule has 0 saturated carbocycles.